The minimum absolute atomic E-state index is 0.367. The number of aromatic nitrogens is 2. The topological polar surface area (TPSA) is 82.4 Å². The summed E-state index contributed by atoms with van der Waals surface area (Å²) in [5.74, 6) is 0.493. The predicted molar refractivity (Wildman–Crippen MR) is 91.8 cm³/mol. The Hall–Kier alpha value is -2.38. The molecule has 0 fully saturated rings. The van der Waals surface area contributed by atoms with Gasteiger partial charge in [0.25, 0.3) is 0 Å². The number of aliphatic hydroxyl groups is 1. The highest BCUT2D eigenvalue weighted by Crippen LogP contribution is 2.31. The largest absolute Gasteiger partial charge is 0.390 e. The molecule has 1 heterocycles. The van der Waals surface area contributed by atoms with Crippen LogP contribution < -0.4 is 10.6 Å². The van der Waals surface area contributed by atoms with E-state index in [2.05, 4.69) is 20.6 Å². The number of carbonyl (C=O) groups is 1. The Morgan fingerprint density at radius 2 is 2.17 bits per heavy atom. The number of benzene rings is 1. The second-order valence-corrected chi connectivity index (χ2v) is 6.31. The van der Waals surface area contributed by atoms with Crippen LogP contribution in [0.2, 0.25) is 0 Å². The molecule has 3 rings (SSSR count). The first-order chi connectivity index (χ1) is 11.5. The number of hydrogen-bond donors (Lipinski definition) is 3. The van der Waals surface area contributed by atoms with Crippen molar-refractivity contribution in [3.63, 3.8) is 0 Å². The molecule has 0 spiro atoms. The molecular weight excluding hydrogens is 306 g/mol. The first kappa shape index (κ1) is 16.5. The molecule has 0 aliphatic heterocycles. The van der Waals surface area contributed by atoms with Crippen molar-refractivity contribution in [2.45, 2.75) is 25.1 Å². The van der Waals surface area contributed by atoms with Gasteiger partial charge in [-0.1, -0.05) is 24.3 Å². The summed E-state index contributed by atoms with van der Waals surface area (Å²) < 4.78 is 1.79. The molecule has 7 heteroatoms. The maximum Gasteiger partial charge on any atom is 0.321 e. The van der Waals surface area contributed by atoms with E-state index in [1.807, 2.05) is 44.6 Å². The fraction of sp³-hybridized carbons (Fsp3) is 0.412. The number of anilines is 1. The van der Waals surface area contributed by atoms with Gasteiger partial charge in [0, 0.05) is 25.2 Å². The number of hydrogen-bond acceptors (Lipinski definition) is 4. The van der Waals surface area contributed by atoms with Crippen LogP contribution in [0, 0.1) is 0 Å². The first-order valence-electron chi connectivity index (χ1n) is 8.04. The fourth-order valence-corrected chi connectivity index (χ4v) is 2.90. The molecule has 0 bridgehead atoms. The average molecular weight is 329 g/mol. The standard InChI is InChI=1S/C17H23N5O2/c1-21(2)9-10-22-8-7-15(20-22)18-17(24)19-16-13-6-4-3-5-12(13)11-14(16)23/h3-8,14,16,23H,9-11H2,1-2H3,(H2,18,19,20,24)/t14-,16+/m0/s1. The van der Waals surface area contributed by atoms with Gasteiger partial charge < -0.3 is 15.3 Å². The van der Waals surface area contributed by atoms with Crippen LogP contribution in [0.5, 0.6) is 0 Å². The molecule has 7 nitrogen and oxygen atoms in total. The summed E-state index contributed by atoms with van der Waals surface area (Å²) in [4.78, 5) is 14.3. The van der Waals surface area contributed by atoms with Crippen molar-refractivity contribution in [1.82, 2.24) is 20.0 Å². The Balaban J connectivity index is 1.58. The van der Waals surface area contributed by atoms with E-state index >= 15 is 0 Å². The number of aliphatic hydroxyl groups excluding tert-OH is 1. The lowest BCUT2D eigenvalue weighted by Crippen LogP contribution is -2.36. The van der Waals surface area contributed by atoms with Crippen LogP contribution in [-0.4, -0.2) is 52.6 Å². The van der Waals surface area contributed by atoms with E-state index in [1.54, 1.807) is 10.7 Å². The van der Waals surface area contributed by atoms with E-state index in [0.29, 0.717) is 12.2 Å². The summed E-state index contributed by atoms with van der Waals surface area (Å²) in [6.45, 7) is 1.63. The van der Waals surface area contributed by atoms with E-state index in [4.69, 9.17) is 0 Å². The van der Waals surface area contributed by atoms with Crippen molar-refractivity contribution in [2.75, 3.05) is 26.0 Å². The summed E-state index contributed by atoms with van der Waals surface area (Å²) in [5, 5.41) is 20.1. The number of likely N-dealkylation sites (N-methyl/N-ethyl adjacent to an activating group) is 1. The van der Waals surface area contributed by atoms with Crippen molar-refractivity contribution in [3.05, 3.63) is 47.7 Å². The molecular formula is C17H23N5O2. The molecule has 1 aliphatic rings. The number of nitrogens with one attached hydrogen (secondary N) is 2. The van der Waals surface area contributed by atoms with Gasteiger partial charge in [0.15, 0.2) is 5.82 Å². The van der Waals surface area contributed by atoms with Gasteiger partial charge in [0.2, 0.25) is 0 Å². The molecule has 0 saturated carbocycles. The number of nitrogens with zero attached hydrogens (tertiary/aromatic N) is 3. The quantitative estimate of drug-likeness (QED) is 0.770. The van der Waals surface area contributed by atoms with Crippen LogP contribution in [0.3, 0.4) is 0 Å². The molecule has 2 atom stereocenters. The molecule has 1 aliphatic carbocycles. The summed E-state index contributed by atoms with van der Waals surface area (Å²) in [5.41, 5.74) is 2.04. The highest BCUT2D eigenvalue weighted by molar-refractivity contribution is 5.88. The molecule has 0 radical (unpaired) electrons. The normalized spacial score (nSPS) is 19.3. The van der Waals surface area contributed by atoms with Gasteiger partial charge in [-0.25, -0.2) is 4.79 Å². The molecule has 24 heavy (non-hydrogen) atoms. The molecule has 1 aromatic carbocycles. The zero-order valence-electron chi connectivity index (χ0n) is 13.9. The van der Waals surface area contributed by atoms with Crippen LogP contribution in [0.4, 0.5) is 10.6 Å². The number of amides is 2. The zero-order valence-corrected chi connectivity index (χ0v) is 13.9. The first-order valence-corrected chi connectivity index (χ1v) is 8.04. The minimum atomic E-state index is -0.606. The van der Waals surface area contributed by atoms with Crippen LogP contribution in [0.1, 0.15) is 17.2 Å². The van der Waals surface area contributed by atoms with Gasteiger partial charge in [0.05, 0.1) is 18.7 Å². The summed E-state index contributed by atoms with van der Waals surface area (Å²) in [6.07, 6.45) is 1.78. The van der Waals surface area contributed by atoms with E-state index in [-0.39, 0.29) is 6.03 Å². The predicted octanol–water partition coefficient (Wildman–Crippen LogP) is 1.22. The number of urea groups is 1. The summed E-state index contributed by atoms with van der Waals surface area (Å²) in [7, 11) is 4.00. The van der Waals surface area contributed by atoms with Gasteiger partial charge >= 0.3 is 6.03 Å². The Morgan fingerprint density at radius 3 is 2.96 bits per heavy atom. The highest BCUT2D eigenvalue weighted by atomic mass is 16.3. The van der Waals surface area contributed by atoms with E-state index in [9.17, 15) is 9.90 Å². The van der Waals surface area contributed by atoms with Gasteiger partial charge in [-0.05, 0) is 25.2 Å². The molecule has 0 saturated heterocycles. The monoisotopic (exact) mass is 329 g/mol. The van der Waals surface area contributed by atoms with Crippen LogP contribution in [0.25, 0.3) is 0 Å². The second kappa shape index (κ2) is 7.02. The third kappa shape index (κ3) is 3.74. The van der Waals surface area contributed by atoms with Crippen molar-refractivity contribution in [3.8, 4) is 0 Å². The van der Waals surface area contributed by atoms with Gasteiger partial charge in [-0.3, -0.25) is 10.00 Å². The molecule has 128 valence electrons. The van der Waals surface area contributed by atoms with Crippen molar-refractivity contribution < 1.29 is 9.90 Å². The number of carbonyl (C=O) groups excluding carboxylic acids is 1. The molecule has 3 N–H and O–H groups in total. The highest BCUT2D eigenvalue weighted by Gasteiger charge is 2.31. The van der Waals surface area contributed by atoms with Gasteiger partial charge in [-0.2, -0.15) is 5.10 Å². The minimum Gasteiger partial charge on any atom is -0.390 e. The SMILES string of the molecule is CN(C)CCn1ccc(NC(=O)N[C@@H]2c3ccccc3C[C@@H]2O)n1. The maximum atomic E-state index is 12.2. The Bertz CT molecular complexity index is 713. The van der Waals surface area contributed by atoms with Gasteiger partial charge in [0.1, 0.15) is 0 Å². The zero-order chi connectivity index (χ0) is 17.1. The van der Waals surface area contributed by atoms with E-state index in [1.165, 1.54) is 0 Å². The van der Waals surface area contributed by atoms with Crippen molar-refractivity contribution >= 4 is 11.8 Å². The molecule has 2 amide bonds. The number of rotatable bonds is 5. The average Bonchev–Trinajstić information content (AvgIpc) is 3.10. The van der Waals surface area contributed by atoms with E-state index in [0.717, 1.165) is 24.2 Å². The third-order valence-corrected chi connectivity index (χ3v) is 4.15. The van der Waals surface area contributed by atoms with Crippen molar-refractivity contribution in [1.29, 1.82) is 0 Å². The lowest BCUT2D eigenvalue weighted by Gasteiger charge is -2.17. The van der Waals surface area contributed by atoms with Gasteiger partial charge in [-0.15, -0.1) is 0 Å². The van der Waals surface area contributed by atoms with Crippen LogP contribution in [-0.2, 0) is 13.0 Å². The molecule has 0 unspecified atom stereocenters. The van der Waals surface area contributed by atoms with Crippen LogP contribution >= 0.6 is 0 Å². The van der Waals surface area contributed by atoms with Crippen LogP contribution in [0.15, 0.2) is 36.5 Å². The Morgan fingerprint density at radius 1 is 1.38 bits per heavy atom. The maximum absolute atomic E-state index is 12.2. The fourth-order valence-electron chi connectivity index (χ4n) is 2.90. The lowest BCUT2D eigenvalue weighted by molar-refractivity contribution is 0.144. The lowest BCUT2D eigenvalue weighted by atomic mass is 10.1. The molecule has 2 aromatic rings. The summed E-state index contributed by atoms with van der Waals surface area (Å²) >= 11 is 0. The Labute approximate surface area is 141 Å². The molecule has 1 aromatic heterocycles. The third-order valence-electron chi connectivity index (χ3n) is 4.15. The number of fused-ring (bicyclic) bond motifs is 1. The van der Waals surface area contributed by atoms with Crippen molar-refractivity contribution in [2.24, 2.45) is 0 Å². The summed E-state index contributed by atoms with van der Waals surface area (Å²) in [6, 6.07) is 8.76. The smallest absolute Gasteiger partial charge is 0.321 e. The Kier molecular flexibility index (Phi) is 4.82. The van der Waals surface area contributed by atoms with E-state index < -0.39 is 12.1 Å². The second-order valence-electron chi connectivity index (χ2n) is 6.31.